The molecule has 0 aliphatic rings. The van der Waals surface area contributed by atoms with Crippen LogP contribution in [-0.2, 0) is 5.75 Å². The molecule has 0 radical (unpaired) electrons. The lowest BCUT2D eigenvalue weighted by Gasteiger charge is -2.10. The third-order valence-corrected chi connectivity index (χ3v) is 6.25. The maximum Gasteiger partial charge on any atom is 0.325 e. The smallest absolute Gasteiger partial charge is 0.325 e. The number of thioether (sulfide) groups is 1. The van der Waals surface area contributed by atoms with Crippen LogP contribution in [0, 0.1) is 0 Å². The van der Waals surface area contributed by atoms with Crippen molar-refractivity contribution in [2.45, 2.75) is 10.1 Å². The van der Waals surface area contributed by atoms with Gasteiger partial charge in [-0.05, 0) is 24.3 Å². The second-order valence-electron chi connectivity index (χ2n) is 6.34. The molecule has 2 heterocycles. The first-order valence-corrected chi connectivity index (χ1v) is 11.1. The highest BCUT2D eigenvalue weighted by molar-refractivity contribution is 8.00. The van der Waals surface area contributed by atoms with Crippen molar-refractivity contribution >= 4 is 51.0 Å². The Morgan fingerprint density at radius 3 is 2.72 bits per heavy atom. The van der Waals surface area contributed by atoms with Crippen LogP contribution in [0.5, 0.6) is 11.5 Å². The largest absolute Gasteiger partial charge is 0.493 e. The average molecular weight is 471 g/mol. The number of methoxy groups -OCH3 is 2. The molecule has 4 rings (SSSR count). The van der Waals surface area contributed by atoms with E-state index in [-0.39, 0.29) is 5.56 Å². The van der Waals surface area contributed by atoms with Gasteiger partial charge < -0.3 is 19.8 Å². The molecule has 0 atom stereocenters. The topological polar surface area (TPSA) is 131 Å². The molecule has 4 aromatic rings. The van der Waals surface area contributed by atoms with Gasteiger partial charge in [-0.25, -0.2) is 9.78 Å². The molecule has 3 N–H and O–H groups in total. The van der Waals surface area contributed by atoms with Crippen LogP contribution in [-0.4, -0.2) is 40.4 Å². The normalized spacial score (nSPS) is 10.7. The number of H-pyrrole nitrogens is 1. The van der Waals surface area contributed by atoms with Crippen LogP contribution in [0.3, 0.4) is 0 Å². The summed E-state index contributed by atoms with van der Waals surface area (Å²) in [6.07, 6.45) is 0. The van der Waals surface area contributed by atoms with Crippen molar-refractivity contribution in [3.8, 4) is 11.5 Å². The Hall–Kier alpha value is -3.64. The number of urea groups is 1. The summed E-state index contributed by atoms with van der Waals surface area (Å²) in [6, 6.07) is 11.9. The van der Waals surface area contributed by atoms with Crippen molar-refractivity contribution in [1.29, 1.82) is 0 Å². The molecule has 0 aliphatic heterocycles. The summed E-state index contributed by atoms with van der Waals surface area (Å²) in [5, 5.41) is 13.7. The fourth-order valence-corrected chi connectivity index (χ4v) is 4.46. The summed E-state index contributed by atoms with van der Waals surface area (Å²) >= 11 is 2.52. The molecule has 164 valence electrons. The second-order valence-corrected chi connectivity index (χ2v) is 8.54. The predicted octanol–water partition coefficient (Wildman–Crippen LogP) is 3.73. The number of hydrogen-bond donors (Lipinski definition) is 3. The number of para-hydroxylation sites is 2. The lowest BCUT2D eigenvalue weighted by Crippen LogP contribution is -2.19. The quantitative estimate of drug-likeness (QED) is 0.275. The van der Waals surface area contributed by atoms with Gasteiger partial charge in [0.1, 0.15) is 5.69 Å². The van der Waals surface area contributed by atoms with Crippen LogP contribution in [0.1, 0.15) is 5.69 Å². The molecular weight excluding hydrogens is 452 g/mol. The van der Waals surface area contributed by atoms with Crippen molar-refractivity contribution in [3.63, 3.8) is 0 Å². The summed E-state index contributed by atoms with van der Waals surface area (Å²) in [6.45, 7) is 0. The van der Waals surface area contributed by atoms with Gasteiger partial charge in [-0.1, -0.05) is 35.2 Å². The Morgan fingerprint density at radius 2 is 1.91 bits per heavy atom. The van der Waals surface area contributed by atoms with Gasteiger partial charge in [0.15, 0.2) is 15.8 Å². The summed E-state index contributed by atoms with van der Waals surface area (Å²) in [5.41, 5.74) is 2.09. The van der Waals surface area contributed by atoms with E-state index in [0.717, 1.165) is 0 Å². The first-order valence-electron chi connectivity index (χ1n) is 9.30. The maximum absolute atomic E-state index is 12.3. The summed E-state index contributed by atoms with van der Waals surface area (Å²) < 4.78 is 11.0. The van der Waals surface area contributed by atoms with Crippen molar-refractivity contribution in [1.82, 2.24) is 20.2 Å². The number of benzene rings is 2. The van der Waals surface area contributed by atoms with E-state index in [1.165, 1.54) is 37.3 Å². The highest BCUT2D eigenvalue weighted by Gasteiger charge is 2.12. The first kappa shape index (κ1) is 21.6. The number of fused-ring (bicyclic) bond motifs is 1. The van der Waals surface area contributed by atoms with Crippen LogP contribution in [0.4, 0.5) is 15.6 Å². The zero-order chi connectivity index (χ0) is 22.5. The molecule has 0 saturated carbocycles. The first-order chi connectivity index (χ1) is 15.6. The van der Waals surface area contributed by atoms with Gasteiger partial charge in [0, 0.05) is 17.5 Å². The van der Waals surface area contributed by atoms with E-state index in [9.17, 15) is 9.59 Å². The van der Waals surface area contributed by atoms with Crippen molar-refractivity contribution in [2.75, 3.05) is 24.9 Å². The molecule has 2 aromatic heterocycles. The number of amides is 2. The van der Waals surface area contributed by atoms with E-state index in [1.807, 2.05) is 18.2 Å². The second kappa shape index (κ2) is 9.66. The Balaban J connectivity index is 1.36. The highest BCUT2D eigenvalue weighted by atomic mass is 32.2. The van der Waals surface area contributed by atoms with E-state index in [4.69, 9.17) is 9.47 Å². The van der Waals surface area contributed by atoms with Gasteiger partial charge >= 0.3 is 6.03 Å². The molecule has 0 fully saturated rings. The van der Waals surface area contributed by atoms with Gasteiger partial charge in [0.05, 0.1) is 25.3 Å². The van der Waals surface area contributed by atoms with Crippen molar-refractivity contribution in [2.24, 2.45) is 0 Å². The molecule has 32 heavy (non-hydrogen) atoms. The SMILES string of the molecule is COc1ccc(NC(=O)Nc2nnc(SCc3nc4ccccc4[nH]c3=O)s2)cc1OC. The van der Waals surface area contributed by atoms with Crippen molar-refractivity contribution < 1.29 is 14.3 Å². The van der Waals surface area contributed by atoms with Crippen LogP contribution in [0.15, 0.2) is 51.6 Å². The molecule has 0 aliphatic carbocycles. The number of nitrogens with one attached hydrogen (secondary N) is 3. The predicted molar refractivity (Wildman–Crippen MR) is 124 cm³/mol. The van der Waals surface area contributed by atoms with Crippen LogP contribution in [0.25, 0.3) is 11.0 Å². The van der Waals surface area contributed by atoms with E-state index >= 15 is 0 Å². The highest BCUT2D eigenvalue weighted by Crippen LogP contribution is 2.30. The van der Waals surface area contributed by atoms with Gasteiger partial charge in [0.25, 0.3) is 5.56 Å². The van der Waals surface area contributed by atoms with Gasteiger partial charge in [-0.15, -0.1) is 10.2 Å². The zero-order valence-electron chi connectivity index (χ0n) is 17.0. The molecule has 12 heteroatoms. The average Bonchev–Trinajstić information content (AvgIpc) is 3.24. The molecule has 10 nitrogen and oxygen atoms in total. The Morgan fingerprint density at radius 1 is 1.09 bits per heavy atom. The lowest BCUT2D eigenvalue weighted by atomic mass is 10.3. The Labute approximate surface area is 190 Å². The third kappa shape index (κ3) is 4.98. The summed E-state index contributed by atoms with van der Waals surface area (Å²) in [7, 11) is 3.05. The number of carbonyl (C=O) groups excluding carboxylic acids is 1. The number of rotatable bonds is 7. The summed E-state index contributed by atoms with van der Waals surface area (Å²) in [5.74, 6) is 1.38. The molecule has 2 amide bonds. The van der Waals surface area contributed by atoms with Crippen LogP contribution >= 0.6 is 23.1 Å². The van der Waals surface area contributed by atoms with Gasteiger partial charge in [0.2, 0.25) is 5.13 Å². The fraction of sp³-hybridized carbons (Fsp3) is 0.150. The minimum atomic E-state index is -0.474. The molecular formula is C20H18N6O4S2. The minimum Gasteiger partial charge on any atom is -0.493 e. The zero-order valence-corrected chi connectivity index (χ0v) is 18.7. The monoisotopic (exact) mass is 470 g/mol. The number of ether oxygens (including phenoxy) is 2. The van der Waals surface area contributed by atoms with Crippen LogP contribution < -0.4 is 25.7 Å². The number of hydrogen-bond acceptors (Lipinski definition) is 9. The summed E-state index contributed by atoms with van der Waals surface area (Å²) in [4.78, 5) is 31.7. The lowest BCUT2D eigenvalue weighted by molar-refractivity contribution is 0.262. The number of nitrogens with zero attached hydrogens (tertiary/aromatic N) is 3. The van der Waals surface area contributed by atoms with E-state index in [1.54, 1.807) is 24.3 Å². The molecule has 0 bridgehead atoms. The van der Waals surface area contributed by atoms with E-state index in [2.05, 4.69) is 30.8 Å². The number of aromatic nitrogens is 4. The fourth-order valence-electron chi connectivity index (χ4n) is 2.79. The number of carbonyl (C=O) groups is 1. The minimum absolute atomic E-state index is 0.242. The van der Waals surface area contributed by atoms with Gasteiger partial charge in [-0.2, -0.15) is 0 Å². The van der Waals surface area contributed by atoms with E-state index in [0.29, 0.717) is 49.1 Å². The Kier molecular flexibility index (Phi) is 6.52. The Bertz CT molecular complexity index is 1320. The number of anilines is 2. The maximum atomic E-state index is 12.3. The van der Waals surface area contributed by atoms with E-state index < -0.39 is 6.03 Å². The van der Waals surface area contributed by atoms with Crippen molar-refractivity contribution in [3.05, 3.63) is 58.5 Å². The van der Waals surface area contributed by atoms with Gasteiger partial charge in [-0.3, -0.25) is 10.1 Å². The van der Waals surface area contributed by atoms with Crippen LogP contribution in [0.2, 0.25) is 0 Å². The number of aromatic amines is 1. The molecule has 2 aromatic carbocycles. The molecule has 0 saturated heterocycles. The molecule has 0 spiro atoms. The third-order valence-electron chi connectivity index (χ3n) is 4.27. The standard InChI is InChI=1S/C20H18N6O4S2/c1-29-15-8-7-11(9-16(15)30-2)21-18(28)24-19-25-26-20(32-19)31-10-14-17(27)23-13-6-4-3-5-12(13)22-14/h3-9H,10H2,1-2H3,(H,23,27)(H2,21,24,25,28). The molecule has 0 unspecified atom stereocenters.